The van der Waals surface area contributed by atoms with E-state index >= 15 is 0 Å². The Hall–Kier alpha value is -2.15. The lowest BCUT2D eigenvalue weighted by Gasteiger charge is -2.18. The van der Waals surface area contributed by atoms with Crippen LogP contribution in [0.25, 0.3) is 0 Å². The normalized spacial score (nSPS) is 9.80. The number of nitrogens with one attached hydrogen (secondary N) is 1. The molecule has 0 aliphatic carbocycles. The second-order valence-corrected chi connectivity index (χ2v) is 9.89. The molecule has 4 rings (SSSR count). The van der Waals surface area contributed by atoms with Crippen molar-refractivity contribution in [2.24, 2.45) is 0 Å². The molecule has 0 aliphatic rings. The molecule has 0 atom stereocenters. The van der Waals surface area contributed by atoms with E-state index in [0.717, 1.165) is 16.8 Å². The quantitative estimate of drug-likeness (QED) is 0.178. The van der Waals surface area contributed by atoms with Crippen LogP contribution in [0, 0.1) is 22.7 Å². The van der Waals surface area contributed by atoms with Gasteiger partial charge < -0.3 is 21.7 Å². The highest BCUT2D eigenvalue weighted by Crippen LogP contribution is 2.23. The van der Waals surface area contributed by atoms with Gasteiger partial charge in [0.1, 0.15) is 28.6 Å². The standard InChI is InChI=1S/C11H10FIN4.C7H8FN.C4H3I2N3/c1-17(8-4-2-3-7(12)5-8)10-6-9(13)15-11(14)16-10;1-9-7-4-2-3-6(8)5-7;5-2-1-3(6)9-4(7)8-2/h2-6H,1H3,(H2,14,15,16);2-5,9H,1H3;1H,(H2,7,8,9). The molecule has 13 heteroatoms. The van der Waals surface area contributed by atoms with Crippen molar-refractivity contribution in [3.8, 4) is 0 Å². The molecule has 0 radical (unpaired) electrons. The highest BCUT2D eigenvalue weighted by Gasteiger charge is 2.08. The zero-order valence-electron chi connectivity index (χ0n) is 18.6. The summed E-state index contributed by atoms with van der Waals surface area (Å²) in [5.74, 6) is 0.682. The van der Waals surface area contributed by atoms with Crippen LogP contribution in [0.1, 0.15) is 0 Å². The van der Waals surface area contributed by atoms with E-state index < -0.39 is 0 Å². The van der Waals surface area contributed by atoms with Crippen LogP contribution in [0.4, 0.5) is 37.9 Å². The Balaban J connectivity index is 0.000000203. The summed E-state index contributed by atoms with van der Waals surface area (Å²) in [6.07, 6.45) is 0. The first-order chi connectivity index (χ1) is 16.6. The van der Waals surface area contributed by atoms with Crippen LogP contribution in [-0.2, 0) is 0 Å². The van der Waals surface area contributed by atoms with Crippen molar-refractivity contribution in [3.63, 3.8) is 0 Å². The topological polar surface area (TPSA) is 119 Å². The average molecular weight is 816 g/mol. The summed E-state index contributed by atoms with van der Waals surface area (Å²) >= 11 is 6.25. The third-order valence-corrected chi connectivity index (χ3v) is 5.69. The van der Waals surface area contributed by atoms with Crippen LogP contribution >= 0.6 is 67.8 Å². The van der Waals surface area contributed by atoms with Crippen LogP contribution in [0.5, 0.6) is 0 Å². The first-order valence-electron chi connectivity index (χ1n) is 9.75. The molecule has 0 spiro atoms. The number of rotatable bonds is 3. The SMILES string of the molecule is CN(c1cccc(F)c1)c1cc(I)nc(N)n1.CNc1cccc(F)c1.Nc1nc(I)cc(I)n1. The van der Waals surface area contributed by atoms with Gasteiger partial charge in [-0.25, -0.2) is 23.7 Å². The zero-order chi connectivity index (χ0) is 26.0. The Morgan fingerprint density at radius 3 is 1.71 bits per heavy atom. The van der Waals surface area contributed by atoms with Gasteiger partial charge >= 0.3 is 0 Å². The summed E-state index contributed by atoms with van der Waals surface area (Å²) in [7, 11) is 3.56. The molecule has 184 valence electrons. The van der Waals surface area contributed by atoms with Crippen molar-refractivity contribution in [1.29, 1.82) is 0 Å². The first kappa shape index (κ1) is 29.1. The summed E-state index contributed by atoms with van der Waals surface area (Å²) in [5, 5.41) is 2.83. The van der Waals surface area contributed by atoms with Gasteiger partial charge in [-0.2, -0.15) is 4.98 Å². The summed E-state index contributed by atoms with van der Waals surface area (Å²) in [6, 6.07) is 16.3. The molecule has 0 saturated heterocycles. The lowest BCUT2D eigenvalue weighted by molar-refractivity contribution is 0.627. The number of anilines is 5. The predicted molar refractivity (Wildman–Crippen MR) is 161 cm³/mol. The van der Waals surface area contributed by atoms with Crippen LogP contribution in [0.15, 0.2) is 60.7 Å². The summed E-state index contributed by atoms with van der Waals surface area (Å²) < 4.78 is 27.9. The van der Waals surface area contributed by atoms with E-state index in [1.54, 1.807) is 43.3 Å². The number of benzene rings is 2. The van der Waals surface area contributed by atoms with Crippen molar-refractivity contribution in [2.45, 2.75) is 0 Å². The van der Waals surface area contributed by atoms with Crippen molar-refractivity contribution < 1.29 is 8.78 Å². The van der Waals surface area contributed by atoms with E-state index in [0.29, 0.717) is 17.5 Å². The third-order valence-electron chi connectivity index (χ3n) is 4.03. The molecule has 0 fully saturated rings. The van der Waals surface area contributed by atoms with Gasteiger partial charge in [-0.15, -0.1) is 0 Å². The molecule has 4 aromatic rings. The first-order valence-corrected chi connectivity index (χ1v) is 13.0. The van der Waals surface area contributed by atoms with Gasteiger partial charge in [0.25, 0.3) is 0 Å². The van der Waals surface area contributed by atoms with E-state index in [1.807, 2.05) is 12.1 Å². The Morgan fingerprint density at radius 1 is 0.743 bits per heavy atom. The van der Waals surface area contributed by atoms with Crippen LogP contribution in [0.3, 0.4) is 0 Å². The molecule has 2 heterocycles. The summed E-state index contributed by atoms with van der Waals surface area (Å²) in [4.78, 5) is 17.6. The molecule has 8 nitrogen and oxygen atoms in total. The van der Waals surface area contributed by atoms with Crippen molar-refractivity contribution in [1.82, 2.24) is 19.9 Å². The van der Waals surface area contributed by atoms with Crippen molar-refractivity contribution >= 4 is 96.9 Å². The van der Waals surface area contributed by atoms with E-state index in [1.165, 1.54) is 24.3 Å². The second kappa shape index (κ2) is 14.4. The van der Waals surface area contributed by atoms with Crippen molar-refractivity contribution in [2.75, 3.05) is 35.8 Å². The van der Waals surface area contributed by atoms with Gasteiger partial charge in [0, 0.05) is 37.6 Å². The minimum Gasteiger partial charge on any atom is -0.388 e. The third kappa shape index (κ3) is 10.6. The van der Waals surface area contributed by atoms with Gasteiger partial charge in [0.05, 0.1) is 0 Å². The molecular formula is C22H21F2I3N8. The molecule has 2 aromatic heterocycles. The smallest absolute Gasteiger partial charge is 0.222 e. The Bertz CT molecular complexity index is 1190. The van der Waals surface area contributed by atoms with Crippen LogP contribution < -0.4 is 21.7 Å². The monoisotopic (exact) mass is 816 g/mol. The van der Waals surface area contributed by atoms with Crippen LogP contribution in [0.2, 0.25) is 0 Å². The number of aromatic nitrogens is 4. The van der Waals surface area contributed by atoms with Gasteiger partial charge in [-0.1, -0.05) is 12.1 Å². The fourth-order valence-electron chi connectivity index (χ4n) is 2.46. The van der Waals surface area contributed by atoms with E-state index in [-0.39, 0.29) is 17.6 Å². The lowest BCUT2D eigenvalue weighted by atomic mass is 10.3. The molecule has 35 heavy (non-hydrogen) atoms. The fraction of sp³-hybridized carbons (Fsp3) is 0.0909. The number of nitrogens with zero attached hydrogens (tertiary/aromatic N) is 5. The number of nitrogens with two attached hydrogens (primary N) is 2. The molecule has 0 aliphatic heterocycles. The number of hydrogen-bond acceptors (Lipinski definition) is 8. The second-order valence-electron chi connectivity index (χ2n) is 6.58. The van der Waals surface area contributed by atoms with Gasteiger partial charge in [0.2, 0.25) is 11.9 Å². The maximum atomic E-state index is 13.1. The molecule has 0 unspecified atom stereocenters. The average Bonchev–Trinajstić information content (AvgIpc) is 2.78. The summed E-state index contributed by atoms with van der Waals surface area (Å²) in [5.41, 5.74) is 12.4. The van der Waals surface area contributed by atoms with Crippen molar-refractivity contribution in [3.05, 3.63) is 83.4 Å². The molecule has 5 N–H and O–H groups in total. The molecule has 0 saturated carbocycles. The largest absolute Gasteiger partial charge is 0.388 e. The number of halogens is 5. The van der Waals surface area contributed by atoms with Gasteiger partial charge in [0.15, 0.2) is 0 Å². The number of hydrogen-bond donors (Lipinski definition) is 3. The Kier molecular flexibility index (Phi) is 12.0. The molecule has 0 bridgehead atoms. The van der Waals surface area contributed by atoms with Gasteiger partial charge in [-0.3, -0.25) is 0 Å². The Morgan fingerprint density at radius 2 is 1.26 bits per heavy atom. The molecule has 2 aromatic carbocycles. The van der Waals surface area contributed by atoms with E-state index in [2.05, 4.69) is 93.0 Å². The van der Waals surface area contributed by atoms with E-state index in [9.17, 15) is 8.78 Å². The minimum atomic E-state index is -0.286. The zero-order valence-corrected chi connectivity index (χ0v) is 25.0. The van der Waals surface area contributed by atoms with E-state index in [4.69, 9.17) is 11.5 Å². The molecule has 0 amide bonds. The van der Waals surface area contributed by atoms with Gasteiger partial charge in [-0.05, 0) is 104 Å². The highest BCUT2D eigenvalue weighted by molar-refractivity contribution is 14.1. The summed E-state index contributed by atoms with van der Waals surface area (Å²) in [6.45, 7) is 0. The maximum Gasteiger partial charge on any atom is 0.222 e. The Labute approximate surface area is 242 Å². The molecular weight excluding hydrogens is 795 g/mol. The maximum absolute atomic E-state index is 13.1. The van der Waals surface area contributed by atoms with Crippen LogP contribution in [-0.4, -0.2) is 34.0 Å². The predicted octanol–water partition coefficient (Wildman–Crippen LogP) is 5.71. The fourth-order valence-corrected chi connectivity index (χ4v) is 4.67. The number of nitrogen functional groups attached to an aromatic ring is 2. The lowest BCUT2D eigenvalue weighted by Crippen LogP contribution is -2.13. The highest BCUT2D eigenvalue weighted by atomic mass is 127. The minimum absolute atomic E-state index is 0.204.